The fourth-order valence-corrected chi connectivity index (χ4v) is 2.21. The second kappa shape index (κ2) is 7.27. The second-order valence-corrected chi connectivity index (χ2v) is 5.07. The van der Waals surface area contributed by atoms with Gasteiger partial charge in [-0.15, -0.1) is 12.4 Å². The molecular formula is C16H21ClN2O. The van der Waals surface area contributed by atoms with Crippen molar-refractivity contribution < 1.29 is 4.79 Å². The highest BCUT2D eigenvalue weighted by Crippen LogP contribution is 2.19. The van der Waals surface area contributed by atoms with Gasteiger partial charge in [-0.25, -0.2) is 0 Å². The lowest BCUT2D eigenvalue weighted by molar-refractivity contribution is -0.130. The molecule has 4 heteroatoms. The summed E-state index contributed by atoms with van der Waals surface area (Å²) in [5, 5.41) is 2.40. The summed E-state index contributed by atoms with van der Waals surface area (Å²) in [5.74, 6) is 0.0861. The molecule has 20 heavy (non-hydrogen) atoms. The van der Waals surface area contributed by atoms with Crippen molar-refractivity contribution in [1.29, 1.82) is 0 Å². The quantitative estimate of drug-likeness (QED) is 0.942. The lowest BCUT2D eigenvalue weighted by Crippen LogP contribution is -2.31. The number of rotatable bonds is 4. The van der Waals surface area contributed by atoms with Gasteiger partial charge in [-0.1, -0.05) is 42.5 Å². The van der Waals surface area contributed by atoms with Crippen molar-refractivity contribution in [3.05, 3.63) is 48.0 Å². The summed E-state index contributed by atoms with van der Waals surface area (Å²) in [7, 11) is 1.83. The van der Waals surface area contributed by atoms with Crippen molar-refractivity contribution in [2.45, 2.75) is 25.9 Å². The molecule has 1 unspecified atom stereocenters. The molecule has 1 atom stereocenters. The number of benzene rings is 2. The fourth-order valence-electron chi connectivity index (χ4n) is 2.21. The van der Waals surface area contributed by atoms with Crippen LogP contribution in [-0.4, -0.2) is 23.9 Å². The zero-order valence-electron chi connectivity index (χ0n) is 11.9. The van der Waals surface area contributed by atoms with Crippen LogP contribution in [0.2, 0.25) is 0 Å². The van der Waals surface area contributed by atoms with E-state index < -0.39 is 0 Å². The predicted octanol–water partition coefficient (Wildman–Crippen LogP) is 2.96. The van der Waals surface area contributed by atoms with Gasteiger partial charge in [0.15, 0.2) is 0 Å². The van der Waals surface area contributed by atoms with Gasteiger partial charge in [0.2, 0.25) is 5.91 Å². The molecule has 0 saturated carbocycles. The molecular weight excluding hydrogens is 272 g/mol. The maximum Gasteiger partial charge on any atom is 0.224 e. The van der Waals surface area contributed by atoms with Gasteiger partial charge in [0, 0.05) is 26.1 Å². The van der Waals surface area contributed by atoms with Crippen molar-refractivity contribution in [2.24, 2.45) is 5.73 Å². The Morgan fingerprint density at radius 1 is 1.20 bits per heavy atom. The van der Waals surface area contributed by atoms with Crippen molar-refractivity contribution in [3.63, 3.8) is 0 Å². The Morgan fingerprint density at radius 2 is 1.85 bits per heavy atom. The SMILES string of the molecule is CC(N)CC(=O)N(C)Cc1cccc2ccccc12.Cl. The van der Waals surface area contributed by atoms with E-state index in [9.17, 15) is 4.79 Å². The number of amides is 1. The van der Waals surface area contributed by atoms with E-state index in [4.69, 9.17) is 5.73 Å². The van der Waals surface area contributed by atoms with Crippen molar-refractivity contribution in [3.8, 4) is 0 Å². The number of fused-ring (bicyclic) bond motifs is 1. The Kier molecular flexibility index (Phi) is 5.99. The smallest absolute Gasteiger partial charge is 0.224 e. The summed E-state index contributed by atoms with van der Waals surface area (Å²) < 4.78 is 0. The maximum absolute atomic E-state index is 11.9. The van der Waals surface area contributed by atoms with E-state index in [0.717, 1.165) is 0 Å². The molecule has 0 aromatic heterocycles. The van der Waals surface area contributed by atoms with Gasteiger partial charge in [0.25, 0.3) is 0 Å². The molecule has 0 heterocycles. The van der Waals surface area contributed by atoms with Crippen LogP contribution in [-0.2, 0) is 11.3 Å². The highest BCUT2D eigenvalue weighted by atomic mass is 35.5. The summed E-state index contributed by atoms with van der Waals surface area (Å²) in [6, 6.07) is 14.3. The van der Waals surface area contributed by atoms with Gasteiger partial charge in [-0.3, -0.25) is 4.79 Å². The Morgan fingerprint density at radius 3 is 2.55 bits per heavy atom. The van der Waals surface area contributed by atoms with E-state index in [1.54, 1.807) is 4.90 Å². The van der Waals surface area contributed by atoms with Crippen LogP contribution in [0.25, 0.3) is 10.8 Å². The van der Waals surface area contributed by atoms with Crippen LogP contribution >= 0.6 is 12.4 Å². The Hall–Kier alpha value is -1.58. The summed E-state index contributed by atoms with van der Waals surface area (Å²) in [6.45, 7) is 2.47. The molecule has 2 rings (SSSR count). The molecule has 0 saturated heterocycles. The normalized spacial score (nSPS) is 11.8. The number of hydrogen-bond acceptors (Lipinski definition) is 2. The monoisotopic (exact) mass is 292 g/mol. The molecule has 1 amide bonds. The number of hydrogen-bond donors (Lipinski definition) is 1. The Bertz CT molecular complexity index is 578. The third-order valence-corrected chi connectivity index (χ3v) is 3.21. The van der Waals surface area contributed by atoms with Gasteiger partial charge in [-0.05, 0) is 23.3 Å². The number of carbonyl (C=O) groups is 1. The number of carbonyl (C=O) groups excluding carboxylic acids is 1. The minimum atomic E-state index is -0.0949. The van der Waals surface area contributed by atoms with Gasteiger partial charge in [0.05, 0.1) is 0 Å². The minimum Gasteiger partial charge on any atom is -0.341 e. The first-order valence-electron chi connectivity index (χ1n) is 6.54. The second-order valence-electron chi connectivity index (χ2n) is 5.07. The van der Waals surface area contributed by atoms with E-state index in [2.05, 4.69) is 24.3 Å². The van der Waals surface area contributed by atoms with E-state index in [1.807, 2.05) is 32.2 Å². The van der Waals surface area contributed by atoms with Crippen LogP contribution < -0.4 is 5.73 Å². The van der Waals surface area contributed by atoms with Crippen LogP contribution in [0.4, 0.5) is 0 Å². The lowest BCUT2D eigenvalue weighted by atomic mass is 10.0. The van der Waals surface area contributed by atoms with Gasteiger partial charge >= 0.3 is 0 Å². The molecule has 0 spiro atoms. The number of nitrogens with two attached hydrogens (primary N) is 1. The van der Waals surface area contributed by atoms with Crippen LogP contribution in [0, 0.1) is 0 Å². The molecule has 2 aromatic rings. The molecule has 2 aromatic carbocycles. The topological polar surface area (TPSA) is 46.3 Å². The molecule has 0 fully saturated rings. The third-order valence-electron chi connectivity index (χ3n) is 3.21. The largest absolute Gasteiger partial charge is 0.341 e. The third kappa shape index (κ3) is 3.95. The van der Waals surface area contributed by atoms with Crippen molar-refractivity contribution >= 4 is 29.1 Å². The highest BCUT2D eigenvalue weighted by Gasteiger charge is 2.12. The Balaban J connectivity index is 0.00000200. The van der Waals surface area contributed by atoms with Crippen LogP contribution in [0.15, 0.2) is 42.5 Å². The standard InChI is InChI=1S/C16H20N2O.ClH/c1-12(17)10-16(19)18(2)11-14-8-5-7-13-6-3-4-9-15(13)14;/h3-9,12H,10-11,17H2,1-2H3;1H. The first-order valence-corrected chi connectivity index (χ1v) is 6.54. The van der Waals surface area contributed by atoms with Crippen molar-refractivity contribution in [2.75, 3.05) is 7.05 Å². The molecule has 0 bridgehead atoms. The average molecular weight is 293 g/mol. The van der Waals surface area contributed by atoms with E-state index in [0.29, 0.717) is 13.0 Å². The van der Waals surface area contributed by atoms with Crippen LogP contribution in [0.1, 0.15) is 18.9 Å². The molecule has 0 aliphatic heterocycles. The molecule has 2 N–H and O–H groups in total. The first kappa shape index (κ1) is 16.5. The number of nitrogens with zero attached hydrogens (tertiary/aromatic N) is 1. The van der Waals surface area contributed by atoms with Crippen molar-refractivity contribution in [1.82, 2.24) is 4.90 Å². The van der Waals surface area contributed by atoms with Gasteiger partial charge in [0.1, 0.15) is 0 Å². The fraction of sp³-hybridized carbons (Fsp3) is 0.312. The van der Waals surface area contributed by atoms with Gasteiger partial charge < -0.3 is 10.6 Å². The molecule has 108 valence electrons. The molecule has 0 radical (unpaired) electrons. The predicted molar refractivity (Wildman–Crippen MR) is 85.9 cm³/mol. The van der Waals surface area contributed by atoms with E-state index in [1.165, 1.54) is 16.3 Å². The lowest BCUT2D eigenvalue weighted by Gasteiger charge is -2.19. The Labute approximate surface area is 126 Å². The van der Waals surface area contributed by atoms with Crippen LogP contribution in [0.3, 0.4) is 0 Å². The number of halogens is 1. The molecule has 0 aliphatic rings. The minimum absolute atomic E-state index is 0. The first-order chi connectivity index (χ1) is 9.08. The maximum atomic E-state index is 11.9. The van der Waals surface area contributed by atoms with E-state index in [-0.39, 0.29) is 24.4 Å². The molecule has 0 aliphatic carbocycles. The summed E-state index contributed by atoms with van der Waals surface area (Å²) in [6.07, 6.45) is 0.390. The summed E-state index contributed by atoms with van der Waals surface area (Å²) in [4.78, 5) is 13.7. The van der Waals surface area contributed by atoms with Gasteiger partial charge in [-0.2, -0.15) is 0 Å². The van der Waals surface area contributed by atoms with E-state index >= 15 is 0 Å². The highest BCUT2D eigenvalue weighted by molar-refractivity contribution is 5.86. The average Bonchev–Trinajstić information content (AvgIpc) is 2.38. The summed E-state index contributed by atoms with van der Waals surface area (Å²) >= 11 is 0. The van der Waals surface area contributed by atoms with Crippen LogP contribution in [0.5, 0.6) is 0 Å². The summed E-state index contributed by atoms with van der Waals surface area (Å²) in [5.41, 5.74) is 6.83. The zero-order chi connectivity index (χ0) is 13.8. The molecule has 3 nitrogen and oxygen atoms in total. The zero-order valence-corrected chi connectivity index (χ0v) is 12.7.